The van der Waals surface area contributed by atoms with Gasteiger partial charge in [0.15, 0.2) is 5.82 Å². The summed E-state index contributed by atoms with van der Waals surface area (Å²) in [5.41, 5.74) is 4.61. The molecule has 1 saturated heterocycles. The number of benzene rings is 1. The van der Waals surface area contributed by atoms with E-state index in [1.54, 1.807) is 10.9 Å². The summed E-state index contributed by atoms with van der Waals surface area (Å²) in [6, 6.07) is 9.85. The van der Waals surface area contributed by atoms with E-state index in [-0.39, 0.29) is 0 Å². The number of piperazine rings is 1. The molecule has 0 radical (unpaired) electrons. The predicted molar refractivity (Wildman–Crippen MR) is 126 cm³/mol. The van der Waals surface area contributed by atoms with Crippen molar-refractivity contribution in [3.8, 4) is 11.4 Å². The maximum absolute atomic E-state index is 12.5. The van der Waals surface area contributed by atoms with Gasteiger partial charge in [0.25, 0.3) is 0 Å². The minimum absolute atomic E-state index is 0.294. The van der Waals surface area contributed by atoms with Crippen LogP contribution in [-0.2, 0) is 24.8 Å². The highest BCUT2D eigenvalue weighted by Crippen LogP contribution is 2.23. The number of carbonyl (C=O) groups is 1. The van der Waals surface area contributed by atoms with Crippen molar-refractivity contribution in [1.29, 1.82) is 0 Å². The molecule has 4 aromatic rings. The van der Waals surface area contributed by atoms with Crippen LogP contribution in [0.2, 0.25) is 0 Å². The molecule has 5 rings (SSSR count). The Kier molecular flexibility index (Phi) is 6.44. The number of imidazole rings is 1. The zero-order valence-corrected chi connectivity index (χ0v) is 19.7. The van der Waals surface area contributed by atoms with Gasteiger partial charge in [-0.2, -0.15) is 18.3 Å². The molecular weight excluding hydrogens is 473 g/mol. The topological polar surface area (TPSA) is 95.8 Å². The Morgan fingerprint density at radius 1 is 1.08 bits per heavy atom. The molecule has 0 spiro atoms. The van der Waals surface area contributed by atoms with Crippen LogP contribution in [0.25, 0.3) is 22.4 Å². The number of nitrogens with one attached hydrogen (secondary N) is 1. The molecule has 3 aromatic heterocycles. The number of fused-ring (bicyclic) bond motifs is 1. The van der Waals surface area contributed by atoms with E-state index >= 15 is 0 Å². The van der Waals surface area contributed by atoms with Crippen LogP contribution in [0, 0.1) is 0 Å². The van der Waals surface area contributed by atoms with Crippen LogP contribution in [0.15, 0.2) is 42.9 Å². The third-order valence-corrected chi connectivity index (χ3v) is 6.21. The molecule has 4 heterocycles. The molecule has 188 valence electrons. The molecule has 1 aromatic carbocycles. The highest BCUT2D eigenvalue weighted by atomic mass is 19.4. The summed E-state index contributed by atoms with van der Waals surface area (Å²) in [5, 5.41) is 4.12. The molecule has 1 aliphatic rings. The second-order valence-electron chi connectivity index (χ2n) is 8.90. The van der Waals surface area contributed by atoms with Crippen molar-refractivity contribution in [3.63, 3.8) is 0 Å². The SMILES string of the molecule is Cn1ncnc1-c1ccc2nc(Cc3cc(CN4CCN(C(=O)CC(F)(F)F)CC4)ccn3)[nH]c2c1. The van der Waals surface area contributed by atoms with E-state index in [2.05, 4.69) is 29.9 Å². The maximum Gasteiger partial charge on any atom is 0.397 e. The van der Waals surface area contributed by atoms with Gasteiger partial charge in [-0.3, -0.25) is 14.7 Å². The fraction of sp³-hybridized carbons (Fsp3) is 0.375. The highest BCUT2D eigenvalue weighted by Gasteiger charge is 2.34. The first-order valence-corrected chi connectivity index (χ1v) is 11.6. The fourth-order valence-corrected chi connectivity index (χ4v) is 4.43. The average Bonchev–Trinajstić information content (AvgIpc) is 3.43. The molecular formula is C24H25F3N8O. The minimum atomic E-state index is -4.47. The molecule has 0 aliphatic carbocycles. The monoisotopic (exact) mass is 498 g/mol. The summed E-state index contributed by atoms with van der Waals surface area (Å²) >= 11 is 0. The predicted octanol–water partition coefficient (Wildman–Crippen LogP) is 2.94. The van der Waals surface area contributed by atoms with Crippen LogP contribution in [0.3, 0.4) is 0 Å². The number of aromatic nitrogens is 6. The number of pyridine rings is 1. The molecule has 0 saturated carbocycles. The Bertz CT molecular complexity index is 1370. The van der Waals surface area contributed by atoms with Gasteiger partial charge >= 0.3 is 6.18 Å². The number of H-pyrrole nitrogens is 1. The van der Waals surface area contributed by atoms with E-state index in [9.17, 15) is 18.0 Å². The maximum atomic E-state index is 12.5. The Balaban J connectivity index is 1.21. The van der Waals surface area contributed by atoms with Crippen LogP contribution >= 0.6 is 0 Å². The van der Waals surface area contributed by atoms with E-state index < -0.39 is 18.5 Å². The van der Waals surface area contributed by atoms with Crippen molar-refractivity contribution in [3.05, 3.63) is 59.9 Å². The quantitative estimate of drug-likeness (QED) is 0.439. The summed E-state index contributed by atoms with van der Waals surface area (Å²) in [7, 11) is 1.84. The lowest BCUT2D eigenvalue weighted by molar-refractivity contribution is -0.162. The molecule has 12 heteroatoms. The summed E-state index contributed by atoms with van der Waals surface area (Å²) < 4.78 is 39.2. The van der Waals surface area contributed by atoms with Crippen LogP contribution < -0.4 is 0 Å². The number of alkyl halides is 3. The zero-order valence-electron chi connectivity index (χ0n) is 19.7. The van der Waals surface area contributed by atoms with E-state index in [1.807, 2.05) is 37.4 Å². The van der Waals surface area contributed by atoms with Gasteiger partial charge in [0.1, 0.15) is 18.6 Å². The standard InChI is InChI=1S/C24H25F3N8O/c1-33-23(29-15-30-33)17-2-3-19-20(11-17)32-21(31-19)12-18-10-16(4-5-28-18)14-34-6-8-35(9-7-34)22(36)13-24(25,26)27/h2-5,10-11,15H,6-9,12-14H2,1H3,(H,31,32). The number of amides is 1. The number of aromatic amines is 1. The summed E-state index contributed by atoms with van der Waals surface area (Å²) in [6.07, 6.45) is -2.07. The molecule has 1 aliphatic heterocycles. The van der Waals surface area contributed by atoms with Crippen molar-refractivity contribution >= 4 is 16.9 Å². The second kappa shape index (κ2) is 9.69. The molecule has 9 nitrogen and oxygen atoms in total. The fourth-order valence-electron chi connectivity index (χ4n) is 4.43. The van der Waals surface area contributed by atoms with Crippen molar-refractivity contribution in [2.45, 2.75) is 25.6 Å². The molecule has 36 heavy (non-hydrogen) atoms. The molecule has 0 atom stereocenters. The molecule has 0 unspecified atom stereocenters. The number of halogens is 3. The Hall–Kier alpha value is -3.80. The number of rotatable bonds is 6. The van der Waals surface area contributed by atoms with Gasteiger partial charge in [-0.1, -0.05) is 0 Å². The van der Waals surface area contributed by atoms with Crippen LogP contribution in [0.1, 0.15) is 23.5 Å². The molecule has 1 fully saturated rings. The zero-order chi connectivity index (χ0) is 25.3. The van der Waals surface area contributed by atoms with Crippen LogP contribution in [0.5, 0.6) is 0 Å². The van der Waals surface area contributed by atoms with E-state index in [4.69, 9.17) is 0 Å². The minimum Gasteiger partial charge on any atom is -0.342 e. The first-order chi connectivity index (χ1) is 17.2. The van der Waals surface area contributed by atoms with Crippen molar-refractivity contribution < 1.29 is 18.0 Å². The molecule has 1 N–H and O–H groups in total. The van der Waals surface area contributed by atoms with Gasteiger partial charge in [0, 0.05) is 63.6 Å². The summed E-state index contributed by atoms with van der Waals surface area (Å²) in [5.74, 6) is 0.706. The van der Waals surface area contributed by atoms with Gasteiger partial charge in [-0.15, -0.1) is 0 Å². The Morgan fingerprint density at radius 2 is 1.89 bits per heavy atom. The number of hydrogen-bond donors (Lipinski definition) is 1. The van der Waals surface area contributed by atoms with Crippen molar-refractivity contribution in [2.24, 2.45) is 7.05 Å². The molecule has 1 amide bonds. The number of nitrogens with zero attached hydrogens (tertiary/aromatic N) is 7. The first kappa shape index (κ1) is 23.9. The molecule has 0 bridgehead atoms. The Labute approximate surface area is 205 Å². The van der Waals surface area contributed by atoms with Gasteiger partial charge in [-0.05, 0) is 35.9 Å². The van der Waals surface area contributed by atoms with Gasteiger partial charge in [0.2, 0.25) is 5.91 Å². The largest absolute Gasteiger partial charge is 0.397 e. The number of aryl methyl sites for hydroxylation is 1. The number of carbonyl (C=O) groups excluding carboxylic acids is 1. The third-order valence-electron chi connectivity index (χ3n) is 6.21. The normalized spacial score (nSPS) is 15.1. The lowest BCUT2D eigenvalue weighted by Crippen LogP contribution is -2.49. The lowest BCUT2D eigenvalue weighted by atomic mass is 10.1. The second-order valence-corrected chi connectivity index (χ2v) is 8.90. The lowest BCUT2D eigenvalue weighted by Gasteiger charge is -2.35. The smallest absolute Gasteiger partial charge is 0.342 e. The van der Waals surface area contributed by atoms with E-state index in [1.165, 1.54) is 11.2 Å². The first-order valence-electron chi connectivity index (χ1n) is 11.6. The van der Waals surface area contributed by atoms with Gasteiger partial charge in [0.05, 0.1) is 11.0 Å². The van der Waals surface area contributed by atoms with Crippen molar-refractivity contribution in [1.82, 2.24) is 39.5 Å². The number of hydrogen-bond acceptors (Lipinski definition) is 6. The highest BCUT2D eigenvalue weighted by molar-refractivity contribution is 5.80. The average molecular weight is 499 g/mol. The summed E-state index contributed by atoms with van der Waals surface area (Å²) in [4.78, 5) is 32.1. The van der Waals surface area contributed by atoms with E-state index in [0.717, 1.165) is 39.5 Å². The van der Waals surface area contributed by atoms with Gasteiger partial charge < -0.3 is 9.88 Å². The Morgan fingerprint density at radius 3 is 2.61 bits per heavy atom. The van der Waals surface area contributed by atoms with Crippen molar-refractivity contribution in [2.75, 3.05) is 26.2 Å². The van der Waals surface area contributed by atoms with Crippen LogP contribution in [-0.4, -0.2) is 77.8 Å². The summed E-state index contributed by atoms with van der Waals surface area (Å²) in [6.45, 7) is 2.28. The van der Waals surface area contributed by atoms with Crippen LogP contribution in [0.4, 0.5) is 13.2 Å². The third kappa shape index (κ3) is 5.54. The van der Waals surface area contributed by atoms with Gasteiger partial charge in [-0.25, -0.2) is 14.6 Å². The van der Waals surface area contributed by atoms with E-state index in [0.29, 0.717) is 39.1 Å².